The molecule has 0 aromatic heterocycles. The fourth-order valence-electron chi connectivity index (χ4n) is 1.46. The lowest BCUT2D eigenvalue weighted by molar-refractivity contribution is -0.270. The second-order valence-electron chi connectivity index (χ2n) is 4.91. The molecule has 0 radical (unpaired) electrons. The highest BCUT2D eigenvalue weighted by Crippen LogP contribution is 2.24. The Morgan fingerprint density at radius 3 is 2.00 bits per heavy atom. The molecule has 6 heteroatoms. The predicted molar refractivity (Wildman–Crippen MR) is 56.8 cm³/mol. The van der Waals surface area contributed by atoms with Crippen LogP contribution in [0, 0.1) is 0 Å². The molecule has 90 valence electrons. The van der Waals surface area contributed by atoms with Crippen molar-refractivity contribution < 1.29 is 24.5 Å². The topological polar surface area (TPSA) is 79.2 Å². The van der Waals surface area contributed by atoms with Crippen LogP contribution >= 0.6 is 0 Å². The van der Waals surface area contributed by atoms with Gasteiger partial charge in [-0.1, -0.05) is 0 Å². The average Bonchev–Trinajstić information content (AvgIpc) is 2.08. The number of hydrogen-bond acceptors (Lipinski definition) is 5. The van der Waals surface area contributed by atoms with Crippen molar-refractivity contribution in [2.45, 2.75) is 57.3 Å². The molecule has 0 amide bonds. The first-order valence-corrected chi connectivity index (χ1v) is 8.50. The lowest BCUT2D eigenvalue weighted by Gasteiger charge is -2.41. The highest BCUT2D eigenvalue weighted by atomic mass is 28.4. The third kappa shape index (κ3) is 3.23. The van der Waals surface area contributed by atoms with Crippen molar-refractivity contribution in [1.82, 2.24) is 0 Å². The second kappa shape index (κ2) is 4.48. The highest BCUT2D eigenvalue weighted by Gasteiger charge is 2.43. The molecule has 5 atom stereocenters. The Kier molecular flexibility index (Phi) is 3.91. The molecule has 0 aliphatic carbocycles. The van der Waals surface area contributed by atoms with Gasteiger partial charge >= 0.3 is 0 Å². The van der Waals surface area contributed by atoms with Crippen LogP contribution in [0.1, 0.15) is 6.92 Å². The Morgan fingerprint density at radius 1 is 1.00 bits per heavy atom. The Morgan fingerprint density at radius 2 is 1.53 bits per heavy atom. The Labute approximate surface area is 90.8 Å². The summed E-state index contributed by atoms with van der Waals surface area (Å²) in [5, 5.41) is 28.6. The van der Waals surface area contributed by atoms with Crippen LogP contribution in [-0.4, -0.2) is 54.3 Å². The minimum atomic E-state index is -1.85. The van der Waals surface area contributed by atoms with Gasteiger partial charge < -0.3 is 24.5 Å². The summed E-state index contributed by atoms with van der Waals surface area (Å²) >= 11 is 0. The van der Waals surface area contributed by atoms with Crippen LogP contribution in [0.4, 0.5) is 0 Å². The zero-order chi connectivity index (χ0) is 11.8. The lowest BCUT2D eigenvalue weighted by Crippen LogP contribution is -2.59. The smallest absolute Gasteiger partial charge is 0.187 e. The summed E-state index contributed by atoms with van der Waals surface area (Å²) in [6.07, 6.45) is -4.85. The van der Waals surface area contributed by atoms with Crippen LogP contribution in [0.3, 0.4) is 0 Å². The summed E-state index contributed by atoms with van der Waals surface area (Å²) < 4.78 is 10.9. The second-order valence-corrected chi connectivity index (χ2v) is 9.37. The predicted octanol–water partition coefficient (Wildman–Crippen LogP) is -0.335. The first kappa shape index (κ1) is 13.1. The Hall–Kier alpha value is 0.0169. The molecule has 1 saturated heterocycles. The first-order chi connectivity index (χ1) is 6.72. The normalized spacial score (nSPS) is 43.0. The molecular formula is C9H20O5Si. The van der Waals surface area contributed by atoms with Crippen LogP contribution in [0.25, 0.3) is 0 Å². The van der Waals surface area contributed by atoms with Gasteiger partial charge in [0.1, 0.15) is 18.3 Å². The molecule has 0 aromatic carbocycles. The average molecular weight is 236 g/mol. The summed E-state index contributed by atoms with van der Waals surface area (Å²) in [6.45, 7) is 7.53. The van der Waals surface area contributed by atoms with Gasteiger partial charge in [0.25, 0.3) is 0 Å². The van der Waals surface area contributed by atoms with E-state index < -0.39 is 39.0 Å². The summed E-state index contributed by atoms with van der Waals surface area (Å²) in [4.78, 5) is 0. The molecule has 3 N–H and O–H groups in total. The van der Waals surface area contributed by atoms with Crippen molar-refractivity contribution in [3.8, 4) is 0 Å². The maximum absolute atomic E-state index is 9.65. The number of hydrogen-bond donors (Lipinski definition) is 3. The molecule has 5 unspecified atom stereocenters. The molecule has 15 heavy (non-hydrogen) atoms. The van der Waals surface area contributed by atoms with E-state index in [1.807, 2.05) is 19.6 Å². The third-order valence-electron chi connectivity index (χ3n) is 2.28. The molecule has 0 spiro atoms. The maximum Gasteiger partial charge on any atom is 0.187 e. The zero-order valence-electron chi connectivity index (χ0n) is 9.54. The van der Waals surface area contributed by atoms with Gasteiger partial charge in [-0.3, -0.25) is 0 Å². The van der Waals surface area contributed by atoms with Gasteiger partial charge in [-0.2, -0.15) is 0 Å². The molecule has 1 fully saturated rings. The van der Waals surface area contributed by atoms with Gasteiger partial charge in [-0.25, -0.2) is 0 Å². The van der Waals surface area contributed by atoms with E-state index in [9.17, 15) is 15.3 Å². The Balaban J connectivity index is 2.67. The number of aliphatic hydroxyl groups excluding tert-OH is 3. The van der Waals surface area contributed by atoms with Crippen molar-refractivity contribution in [3.63, 3.8) is 0 Å². The van der Waals surface area contributed by atoms with Gasteiger partial charge in [0, 0.05) is 0 Å². The molecule has 0 bridgehead atoms. The van der Waals surface area contributed by atoms with Gasteiger partial charge in [-0.05, 0) is 26.6 Å². The Bertz CT molecular complexity index is 217. The molecule has 1 aliphatic heterocycles. The van der Waals surface area contributed by atoms with Crippen molar-refractivity contribution in [2.24, 2.45) is 0 Å². The molecule has 1 aliphatic rings. The van der Waals surface area contributed by atoms with Crippen LogP contribution in [0.2, 0.25) is 19.6 Å². The molecule has 5 nitrogen and oxygen atoms in total. The van der Waals surface area contributed by atoms with E-state index in [0.717, 1.165) is 0 Å². The minimum absolute atomic E-state index is 0.537. The fraction of sp³-hybridized carbons (Fsp3) is 1.00. The van der Waals surface area contributed by atoms with Crippen molar-refractivity contribution >= 4 is 8.32 Å². The van der Waals surface area contributed by atoms with E-state index in [1.165, 1.54) is 0 Å². The molecule has 1 rings (SSSR count). The quantitative estimate of drug-likeness (QED) is 0.572. The van der Waals surface area contributed by atoms with E-state index >= 15 is 0 Å². The van der Waals surface area contributed by atoms with E-state index in [-0.39, 0.29) is 0 Å². The fourth-order valence-corrected chi connectivity index (χ4v) is 2.35. The maximum atomic E-state index is 9.65. The molecule has 0 aromatic rings. The van der Waals surface area contributed by atoms with E-state index in [2.05, 4.69) is 0 Å². The van der Waals surface area contributed by atoms with E-state index in [4.69, 9.17) is 9.16 Å². The molecule has 1 heterocycles. The largest absolute Gasteiger partial charge is 0.391 e. The highest BCUT2D eigenvalue weighted by molar-refractivity contribution is 6.69. The summed E-state index contributed by atoms with van der Waals surface area (Å²) in [6, 6.07) is 0. The third-order valence-corrected chi connectivity index (χ3v) is 3.22. The number of aliphatic hydroxyl groups is 3. The monoisotopic (exact) mass is 236 g/mol. The SMILES string of the molecule is CC1OC(O[Si](C)(C)C)C(O)C(O)C1O. The van der Waals surface area contributed by atoms with Crippen LogP contribution in [-0.2, 0) is 9.16 Å². The standard InChI is InChI=1S/C9H20O5Si/c1-5-6(10)7(11)8(12)9(13-5)14-15(2,3)4/h5-12H,1-4H3. The number of ether oxygens (including phenoxy) is 1. The van der Waals surface area contributed by atoms with Gasteiger partial charge in [-0.15, -0.1) is 0 Å². The van der Waals surface area contributed by atoms with Crippen molar-refractivity contribution in [2.75, 3.05) is 0 Å². The minimum Gasteiger partial charge on any atom is -0.391 e. The van der Waals surface area contributed by atoms with Gasteiger partial charge in [0.05, 0.1) is 6.10 Å². The zero-order valence-corrected chi connectivity index (χ0v) is 10.5. The van der Waals surface area contributed by atoms with E-state index in [1.54, 1.807) is 6.92 Å². The lowest BCUT2D eigenvalue weighted by atomic mass is 10.0. The van der Waals surface area contributed by atoms with Crippen molar-refractivity contribution in [1.29, 1.82) is 0 Å². The van der Waals surface area contributed by atoms with Crippen LogP contribution in [0.15, 0.2) is 0 Å². The molecular weight excluding hydrogens is 216 g/mol. The number of rotatable bonds is 2. The first-order valence-electron chi connectivity index (χ1n) is 5.10. The van der Waals surface area contributed by atoms with Crippen LogP contribution < -0.4 is 0 Å². The molecule has 0 saturated carbocycles. The van der Waals surface area contributed by atoms with Gasteiger partial charge in [0.15, 0.2) is 14.6 Å². The van der Waals surface area contributed by atoms with E-state index in [0.29, 0.717) is 0 Å². The van der Waals surface area contributed by atoms with Gasteiger partial charge in [0.2, 0.25) is 0 Å². The van der Waals surface area contributed by atoms with Crippen molar-refractivity contribution in [3.05, 3.63) is 0 Å². The summed E-state index contributed by atoms with van der Waals surface area (Å²) in [5.74, 6) is 0. The summed E-state index contributed by atoms with van der Waals surface area (Å²) in [5.41, 5.74) is 0. The van der Waals surface area contributed by atoms with Crippen LogP contribution in [0.5, 0.6) is 0 Å². The summed E-state index contributed by atoms with van der Waals surface area (Å²) in [7, 11) is -1.85.